The number of anilines is 1. The number of carbonyl (C=O) groups is 2. The van der Waals surface area contributed by atoms with Crippen LogP contribution >= 0.6 is 23.2 Å². The number of nitrogen functional groups attached to an aromatic ring is 1. The van der Waals surface area contributed by atoms with Crippen molar-refractivity contribution in [3.63, 3.8) is 0 Å². The van der Waals surface area contributed by atoms with Gasteiger partial charge in [-0.15, -0.1) is 0 Å². The van der Waals surface area contributed by atoms with Gasteiger partial charge in [0.05, 0.1) is 16.3 Å². The number of hydrogen-bond donors (Lipinski definition) is 1. The fraction of sp³-hybridized carbons (Fsp3) is 0.222. The quantitative estimate of drug-likeness (QED) is 0.633. The maximum absolute atomic E-state index is 12.2. The van der Waals surface area contributed by atoms with Crippen molar-refractivity contribution in [2.24, 2.45) is 0 Å². The topological polar surface area (TPSA) is 72.6 Å². The van der Waals surface area contributed by atoms with Crippen LogP contribution in [0, 0.1) is 6.92 Å². The van der Waals surface area contributed by atoms with Crippen LogP contribution in [0.15, 0.2) is 36.4 Å². The first-order chi connectivity index (χ1) is 11.8. The molecule has 0 fully saturated rings. The molecule has 7 heteroatoms. The number of hydrogen-bond acceptors (Lipinski definition) is 4. The summed E-state index contributed by atoms with van der Waals surface area (Å²) in [5.74, 6) is -1.08. The third-order valence-electron chi connectivity index (χ3n) is 3.74. The van der Waals surface area contributed by atoms with Crippen molar-refractivity contribution in [2.45, 2.75) is 13.5 Å². The molecule has 0 spiro atoms. The van der Waals surface area contributed by atoms with E-state index in [0.717, 1.165) is 11.1 Å². The molecule has 0 aliphatic carbocycles. The Morgan fingerprint density at radius 2 is 1.88 bits per heavy atom. The summed E-state index contributed by atoms with van der Waals surface area (Å²) in [6.45, 7) is 2.00. The van der Waals surface area contributed by atoms with Gasteiger partial charge < -0.3 is 15.4 Å². The Balaban J connectivity index is 1.97. The van der Waals surface area contributed by atoms with Gasteiger partial charge in [-0.3, -0.25) is 4.79 Å². The van der Waals surface area contributed by atoms with E-state index in [-0.39, 0.29) is 27.2 Å². The van der Waals surface area contributed by atoms with Crippen molar-refractivity contribution in [1.29, 1.82) is 0 Å². The average molecular weight is 381 g/mol. The Hall–Kier alpha value is -2.24. The molecule has 0 heterocycles. The van der Waals surface area contributed by atoms with Crippen molar-refractivity contribution in [3.05, 3.63) is 63.1 Å². The lowest BCUT2D eigenvalue weighted by Crippen LogP contribution is -2.31. The summed E-state index contributed by atoms with van der Waals surface area (Å²) in [7, 11) is 1.65. The Morgan fingerprint density at radius 1 is 1.20 bits per heavy atom. The fourth-order valence-electron chi connectivity index (χ4n) is 2.20. The standard InChI is InChI=1S/C18H18Cl2N2O3/c1-11-5-3-4-6-12(11)9-22(2)16(23)10-25-18(24)14-7-13(19)8-15(20)17(14)21/h3-8H,9-10,21H2,1-2H3. The molecule has 0 unspecified atom stereocenters. The molecule has 132 valence electrons. The Kier molecular flexibility index (Phi) is 6.28. The van der Waals surface area contributed by atoms with Gasteiger partial charge >= 0.3 is 5.97 Å². The second-order valence-corrected chi connectivity index (χ2v) is 6.44. The van der Waals surface area contributed by atoms with Crippen LogP contribution in [-0.2, 0) is 16.1 Å². The van der Waals surface area contributed by atoms with Crippen LogP contribution < -0.4 is 5.73 Å². The molecular formula is C18H18Cl2N2O3. The Labute approximate surface area is 156 Å². The third-order valence-corrected chi connectivity index (χ3v) is 4.27. The van der Waals surface area contributed by atoms with E-state index in [9.17, 15) is 9.59 Å². The van der Waals surface area contributed by atoms with Crippen molar-refractivity contribution in [1.82, 2.24) is 4.90 Å². The maximum Gasteiger partial charge on any atom is 0.340 e. The molecule has 0 aliphatic rings. The summed E-state index contributed by atoms with van der Waals surface area (Å²) in [6, 6.07) is 10.5. The normalized spacial score (nSPS) is 10.4. The summed E-state index contributed by atoms with van der Waals surface area (Å²) < 4.78 is 5.04. The fourth-order valence-corrected chi connectivity index (χ4v) is 2.69. The minimum atomic E-state index is -0.750. The predicted molar refractivity (Wildman–Crippen MR) is 98.8 cm³/mol. The molecule has 25 heavy (non-hydrogen) atoms. The zero-order valence-electron chi connectivity index (χ0n) is 13.9. The number of rotatable bonds is 5. The molecule has 0 aromatic heterocycles. The summed E-state index contributed by atoms with van der Waals surface area (Å²) in [5.41, 5.74) is 7.96. The first kappa shape index (κ1) is 19.1. The lowest BCUT2D eigenvalue weighted by atomic mass is 10.1. The van der Waals surface area contributed by atoms with Gasteiger partial charge in [0, 0.05) is 18.6 Å². The molecule has 0 aliphatic heterocycles. The average Bonchev–Trinajstić information content (AvgIpc) is 2.57. The second kappa shape index (κ2) is 8.23. The van der Waals surface area contributed by atoms with Crippen molar-refractivity contribution >= 4 is 40.8 Å². The Bertz CT molecular complexity index is 809. The molecule has 2 aromatic rings. The van der Waals surface area contributed by atoms with Gasteiger partial charge in [-0.05, 0) is 30.2 Å². The predicted octanol–water partition coefficient (Wildman–Crippen LogP) is 3.70. The number of aryl methyl sites for hydroxylation is 1. The van der Waals surface area contributed by atoms with Crippen LogP contribution in [0.1, 0.15) is 21.5 Å². The molecule has 0 atom stereocenters. The maximum atomic E-state index is 12.2. The lowest BCUT2D eigenvalue weighted by molar-refractivity contribution is -0.133. The van der Waals surface area contributed by atoms with E-state index in [2.05, 4.69) is 0 Å². The van der Waals surface area contributed by atoms with Gasteiger partial charge in [0.2, 0.25) is 0 Å². The van der Waals surface area contributed by atoms with Gasteiger partial charge in [0.1, 0.15) is 0 Å². The summed E-state index contributed by atoms with van der Waals surface area (Å²) >= 11 is 11.8. The van der Waals surface area contributed by atoms with Crippen LogP contribution in [0.2, 0.25) is 10.0 Å². The van der Waals surface area contributed by atoms with Crippen LogP contribution in [0.3, 0.4) is 0 Å². The van der Waals surface area contributed by atoms with Crippen LogP contribution in [0.4, 0.5) is 5.69 Å². The highest BCUT2D eigenvalue weighted by Crippen LogP contribution is 2.28. The van der Waals surface area contributed by atoms with E-state index in [0.29, 0.717) is 6.54 Å². The molecule has 0 radical (unpaired) electrons. The van der Waals surface area contributed by atoms with Gasteiger partial charge in [0.25, 0.3) is 5.91 Å². The number of halogens is 2. The van der Waals surface area contributed by atoms with E-state index >= 15 is 0 Å². The second-order valence-electron chi connectivity index (χ2n) is 5.60. The molecule has 2 N–H and O–H groups in total. The molecule has 2 aromatic carbocycles. The van der Waals surface area contributed by atoms with Crippen molar-refractivity contribution < 1.29 is 14.3 Å². The molecule has 5 nitrogen and oxygen atoms in total. The SMILES string of the molecule is Cc1ccccc1CN(C)C(=O)COC(=O)c1cc(Cl)cc(Cl)c1N. The zero-order chi connectivity index (χ0) is 18.6. The highest BCUT2D eigenvalue weighted by Gasteiger charge is 2.18. The molecule has 0 saturated heterocycles. The smallest absolute Gasteiger partial charge is 0.340 e. The van der Waals surface area contributed by atoms with Crippen LogP contribution in [0.25, 0.3) is 0 Å². The highest BCUT2D eigenvalue weighted by atomic mass is 35.5. The van der Waals surface area contributed by atoms with E-state index < -0.39 is 12.6 Å². The first-order valence-corrected chi connectivity index (χ1v) is 8.25. The van der Waals surface area contributed by atoms with Crippen molar-refractivity contribution in [3.8, 4) is 0 Å². The first-order valence-electron chi connectivity index (χ1n) is 7.49. The van der Waals surface area contributed by atoms with E-state index in [1.807, 2.05) is 31.2 Å². The van der Waals surface area contributed by atoms with E-state index in [1.54, 1.807) is 7.05 Å². The molecular weight excluding hydrogens is 363 g/mol. The number of amides is 1. The van der Waals surface area contributed by atoms with Gasteiger partial charge in [-0.25, -0.2) is 4.79 Å². The number of ether oxygens (including phenoxy) is 1. The molecule has 0 bridgehead atoms. The molecule has 0 saturated carbocycles. The highest BCUT2D eigenvalue weighted by molar-refractivity contribution is 6.37. The lowest BCUT2D eigenvalue weighted by Gasteiger charge is -2.18. The number of esters is 1. The monoisotopic (exact) mass is 380 g/mol. The number of nitrogens with zero attached hydrogens (tertiary/aromatic N) is 1. The van der Waals surface area contributed by atoms with Gasteiger partial charge in [0.15, 0.2) is 6.61 Å². The Morgan fingerprint density at radius 3 is 2.56 bits per heavy atom. The number of nitrogens with two attached hydrogens (primary N) is 1. The summed E-state index contributed by atoms with van der Waals surface area (Å²) in [5, 5.41) is 0.414. The number of likely N-dealkylation sites (N-methyl/N-ethyl adjacent to an activating group) is 1. The van der Waals surface area contributed by atoms with Gasteiger partial charge in [-0.2, -0.15) is 0 Å². The van der Waals surface area contributed by atoms with Gasteiger partial charge in [-0.1, -0.05) is 47.5 Å². The molecule has 2 rings (SSSR count). The third kappa shape index (κ3) is 4.87. The largest absolute Gasteiger partial charge is 0.452 e. The van der Waals surface area contributed by atoms with E-state index in [1.165, 1.54) is 17.0 Å². The minimum Gasteiger partial charge on any atom is -0.452 e. The summed E-state index contributed by atoms with van der Waals surface area (Å²) in [6.07, 6.45) is 0. The van der Waals surface area contributed by atoms with Crippen LogP contribution in [0.5, 0.6) is 0 Å². The van der Waals surface area contributed by atoms with Crippen LogP contribution in [-0.4, -0.2) is 30.4 Å². The summed E-state index contributed by atoms with van der Waals surface area (Å²) in [4.78, 5) is 25.8. The number of benzene rings is 2. The van der Waals surface area contributed by atoms with Crippen molar-refractivity contribution in [2.75, 3.05) is 19.4 Å². The molecule has 1 amide bonds. The minimum absolute atomic E-state index is 0.0341. The van der Waals surface area contributed by atoms with E-state index in [4.69, 9.17) is 33.7 Å². The zero-order valence-corrected chi connectivity index (χ0v) is 15.4. The number of carbonyl (C=O) groups excluding carboxylic acids is 2.